The minimum absolute atomic E-state index is 0.0106. The summed E-state index contributed by atoms with van der Waals surface area (Å²) in [7, 11) is 0. The molecule has 2 atom stereocenters. The van der Waals surface area contributed by atoms with Crippen LogP contribution >= 0.6 is 0 Å². The Labute approximate surface area is 126 Å². The average molecular weight is 297 g/mol. The zero-order valence-corrected chi connectivity index (χ0v) is 12.7. The molecule has 1 amide bonds. The SMILES string of the molecule is O=C(O)[C@@H]1CC[C@H](C(=O)NCCCOC2CCCCC2)C1. The summed E-state index contributed by atoms with van der Waals surface area (Å²) in [5, 5.41) is 11.8. The summed E-state index contributed by atoms with van der Waals surface area (Å²) in [6, 6.07) is 0. The Morgan fingerprint density at radius 1 is 1.05 bits per heavy atom. The number of aliphatic carboxylic acids is 1. The molecule has 0 saturated heterocycles. The van der Waals surface area contributed by atoms with Crippen LogP contribution < -0.4 is 5.32 Å². The highest BCUT2D eigenvalue weighted by molar-refractivity contribution is 5.80. The van der Waals surface area contributed by atoms with Gasteiger partial charge in [0.05, 0.1) is 12.0 Å². The van der Waals surface area contributed by atoms with Crippen molar-refractivity contribution in [2.75, 3.05) is 13.2 Å². The molecule has 120 valence electrons. The summed E-state index contributed by atoms with van der Waals surface area (Å²) >= 11 is 0. The van der Waals surface area contributed by atoms with Gasteiger partial charge in [-0.2, -0.15) is 0 Å². The van der Waals surface area contributed by atoms with Gasteiger partial charge in [-0.3, -0.25) is 9.59 Å². The van der Waals surface area contributed by atoms with Crippen LogP contribution in [-0.2, 0) is 14.3 Å². The van der Waals surface area contributed by atoms with E-state index in [0.29, 0.717) is 38.5 Å². The van der Waals surface area contributed by atoms with Gasteiger partial charge in [-0.1, -0.05) is 19.3 Å². The highest BCUT2D eigenvalue weighted by Gasteiger charge is 2.33. The summed E-state index contributed by atoms with van der Waals surface area (Å²) in [5.74, 6) is -1.22. The molecule has 2 aliphatic rings. The Balaban J connectivity index is 1.52. The maximum absolute atomic E-state index is 11.9. The van der Waals surface area contributed by atoms with Crippen molar-refractivity contribution in [3.8, 4) is 0 Å². The molecule has 21 heavy (non-hydrogen) atoms. The predicted octanol–water partition coefficient (Wildman–Crippen LogP) is 2.34. The minimum atomic E-state index is -0.772. The van der Waals surface area contributed by atoms with Gasteiger partial charge in [0.15, 0.2) is 0 Å². The first-order valence-electron chi connectivity index (χ1n) is 8.29. The minimum Gasteiger partial charge on any atom is -0.481 e. The molecular formula is C16H27NO4. The zero-order valence-electron chi connectivity index (χ0n) is 12.7. The van der Waals surface area contributed by atoms with Crippen molar-refractivity contribution < 1.29 is 19.4 Å². The number of carboxylic acid groups (broad SMARTS) is 1. The lowest BCUT2D eigenvalue weighted by Crippen LogP contribution is -2.31. The summed E-state index contributed by atoms with van der Waals surface area (Å²) in [5.41, 5.74) is 0. The van der Waals surface area contributed by atoms with Crippen LogP contribution in [0.1, 0.15) is 57.8 Å². The molecule has 0 heterocycles. The fraction of sp³-hybridized carbons (Fsp3) is 0.875. The molecule has 0 bridgehead atoms. The lowest BCUT2D eigenvalue weighted by Gasteiger charge is -2.22. The van der Waals surface area contributed by atoms with Gasteiger partial charge in [0.2, 0.25) is 5.91 Å². The fourth-order valence-corrected chi connectivity index (χ4v) is 3.35. The largest absolute Gasteiger partial charge is 0.481 e. The second kappa shape index (κ2) is 8.37. The molecule has 0 aliphatic heterocycles. The smallest absolute Gasteiger partial charge is 0.306 e. The van der Waals surface area contributed by atoms with Crippen LogP contribution in [0.15, 0.2) is 0 Å². The molecule has 0 aromatic carbocycles. The molecular weight excluding hydrogens is 270 g/mol. The van der Waals surface area contributed by atoms with E-state index in [4.69, 9.17) is 9.84 Å². The van der Waals surface area contributed by atoms with Gasteiger partial charge in [0.1, 0.15) is 0 Å². The standard InChI is InChI=1S/C16H27NO4/c18-15(12-7-8-13(11-12)16(19)20)17-9-4-10-21-14-5-2-1-3-6-14/h12-14H,1-11H2,(H,17,18)(H,19,20)/t12-,13+/m0/s1. The fourth-order valence-electron chi connectivity index (χ4n) is 3.35. The number of carbonyl (C=O) groups is 2. The van der Waals surface area contributed by atoms with E-state index < -0.39 is 5.97 Å². The van der Waals surface area contributed by atoms with E-state index >= 15 is 0 Å². The highest BCUT2D eigenvalue weighted by Crippen LogP contribution is 2.31. The quantitative estimate of drug-likeness (QED) is 0.707. The molecule has 0 aromatic heterocycles. The van der Waals surface area contributed by atoms with Gasteiger partial charge in [-0.05, 0) is 38.5 Å². The van der Waals surface area contributed by atoms with E-state index in [1.165, 1.54) is 32.1 Å². The molecule has 5 heteroatoms. The van der Waals surface area contributed by atoms with E-state index in [1.807, 2.05) is 0 Å². The van der Waals surface area contributed by atoms with Crippen molar-refractivity contribution in [2.24, 2.45) is 11.8 Å². The molecule has 0 spiro atoms. The summed E-state index contributed by atoms with van der Waals surface area (Å²) < 4.78 is 5.81. The second-order valence-electron chi connectivity index (χ2n) is 6.32. The number of carboxylic acids is 1. The van der Waals surface area contributed by atoms with Crippen molar-refractivity contribution >= 4 is 11.9 Å². The third kappa shape index (κ3) is 5.30. The Morgan fingerprint density at radius 2 is 1.76 bits per heavy atom. The van der Waals surface area contributed by atoms with Gasteiger partial charge in [0.25, 0.3) is 0 Å². The monoisotopic (exact) mass is 297 g/mol. The van der Waals surface area contributed by atoms with E-state index in [0.717, 1.165) is 6.42 Å². The summed E-state index contributed by atoms with van der Waals surface area (Å²) in [6.45, 7) is 1.33. The number of hydrogen-bond acceptors (Lipinski definition) is 3. The van der Waals surface area contributed by atoms with Crippen LogP contribution in [0, 0.1) is 11.8 Å². The zero-order chi connectivity index (χ0) is 15.1. The maximum Gasteiger partial charge on any atom is 0.306 e. The average Bonchev–Trinajstić information content (AvgIpc) is 2.98. The Bertz CT molecular complexity index is 352. The first-order chi connectivity index (χ1) is 10.2. The Hall–Kier alpha value is -1.10. The lowest BCUT2D eigenvalue weighted by molar-refractivity contribution is -0.141. The normalized spacial score (nSPS) is 26.7. The van der Waals surface area contributed by atoms with Crippen LogP contribution in [0.25, 0.3) is 0 Å². The number of ether oxygens (including phenoxy) is 1. The molecule has 2 N–H and O–H groups in total. The Morgan fingerprint density at radius 3 is 2.43 bits per heavy atom. The van der Waals surface area contributed by atoms with Gasteiger partial charge in [-0.15, -0.1) is 0 Å². The Kier molecular flexibility index (Phi) is 6.49. The topological polar surface area (TPSA) is 75.6 Å². The summed E-state index contributed by atoms with van der Waals surface area (Å²) in [4.78, 5) is 22.8. The third-order valence-corrected chi connectivity index (χ3v) is 4.68. The molecule has 0 unspecified atom stereocenters. The van der Waals surface area contributed by atoms with Crippen LogP contribution in [0.5, 0.6) is 0 Å². The van der Waals surface area contributed by atoms with E-state index in [9.17, 15) is 9.59 Å². The molecule has 2 rings (SSSR count). The van der Waals surface area contributed by atoms with Crippen LogP contribution in [0.3, 0.4) is 0 Å². The van der Waals surface area contributed by atoms with Gasteiger partial charge < -0.3 is 15.2 Å². The number of nitrogens with one attached hydrogen (secondary N) is 1. The van der Waals surface area contributed by atoms with E-state index in [2.05, 4.69) is 5.32 Å². The van der Waals surface area contributed by atoms with Gasteiger partial charge in [0, 0.05) is 19.1 Å². The molecule has 2 saturated carbocycles. The van der Waals surface area contributed by atoms with Crippen LogP contribution in [0.2, 0.25) is 0 Å². The molecule has 0 radical (unpaired) electrons. The number of amides is 1. The van der Waals surface area contributed by atoms with Gasteiger partial charge in [-0.25, -0.2) is 0 Å². The molecule has 0 aromatic rings. The van der Waals surface area contributed by atoms with Crippen LogP contribution in [-0.4, -0.2) is 36.2 Å². The summed E-state index contributed by atoms with van der Waals surface area (Å²) in [6.07, 6.45) is 9.27. The highest BCUT2D eigenvalue weighted by atomic mass is 16.5. The predicted molar refractivity (Wildman–Crippen MR) is 78.9 cm³/mol. The lowest BCUT2D eigenvalue weighted by atomic mass is 9.98. The molecule has 2 fully saturated rings. The molecule has 2 aliphatic carbocycles. The first-order valence-corrected chi connectivity index (χ1v) is 8.29. The number of hydrogen-bond donors (Lipinski definition) is 2. The third-order valence-electron chi connectivity index (χ3n) is 4.68. The van der Waals surface area contributed by atoms with Crippen molar-refractivity contribution in [3.05, 3.63) is 0 Å². The van der Waals surface area contributed by atoms with E-state index in [-0.39, 0.29) is 17.7 Å². The second-order valence-corrected chi connectivity index (χ2v) is 6.32. The van der Waals surface area contributed by atoms with Crippen molar-refractivity contribution in [3.63, 3.8) is 0 Å². The maximum atomic E-state index is 11.9. The van der Waals surface area contributed by atoms with Gasteiger partial charge >= 0.3 is 5.97 Å². The van der Waals surface area contributed by atoms with Crippen molar-refractivity contribution in [2.45, 2.75) is 63.9 Å². The van der Waals surface area contributed by atoms with Crippen molar-refractivity contribution in [1.29, 1.82) is 0 Å². The van der Waals surface area contributed by atoms with Crippen molar-refractivity contribution in [1.82, 2.24) is 5.32 Å². The van der Waals surface area contributed by atoms with E-state index in [1.54, 1.807) is 0 Å². The molecule has 5 nitrogen and oxygen atoms in total. The first kappa shape index (κ1) is 16.3. The number of carbonyl (C=O) groups excluding carboxylic acids is 1. The number of rotatable bonds is 7. The van der Waals surface area contributed by atoms with Crippen LogP contribution in [0.4, 0.5) is 0 Å².